The summed E-state index contributed by atoms with van der Waals surface area (Å²) in [6, 6.07) is 8.86. The molecule has 0 aliphatic rings. The lowest BCUT2D eigenvalue weighted by molar-refractivity contribution is 0.302. The van der Waals surface area contributed by atoms with Gasteiger partial charge in [0.25, 0.3) is 0 Å². The summed E-state index contributed by atoms with van der Waals surface area (Å²) in [5, 5.41) is 21.3. The van der Waals surface area contributed by atoms with Gasteiger partial charge in [0, 0.05) is 17.0 Å². The molecule has 0 amide bonds. The fraction of sp³-hybridized carbons (Fsp3) is 0.250. The first-order chi connectivity index (χ1) is 12.2. The first-order valence-corrected chi connectivity index (χ1v) is 8.47. The van der Waals surface area contributed by atoms with Gasteiger partial charge < -0.3 is 5.11 Å². The molecular weight excluding hydrogens is 343 g/mol. The zero-order valence-corrected chi connectivity index (χ0v) is 14.4. The summed E-state index contributed by atoms with van der Waals surface area (Å²) in [7, 11) is 0. The Morgan fingerprint density at radius 3 is 2.88 bits per heavy atom. The van der Waals surface area contributed by atoms with E-state index in [4.69, 9.17) is 5.11 Å². The second-order valence-electron chi connectivity index (χ2n) is 5.31. The topological polar surface area (TPSA) is 88.8 Å². The molecule has 3 rings (SSSR count). The van der Waals surface area contributed by atoms with Gasteiger partial charge in [-0.2, -0.15) is 4.80 Å². The third-order valence-electron chi connectivity index (χ3n) is 3.39. The molecule has 2 aromatic heterocycles. The molecule has 7 nitrogen and oxygen atoms in total. The molecule has 0 aliphatic carbocycles. The Morgan fingerprint density at radius 1 is 1.28 bits per heavy atom. The monoisotopic (exact) mass is 360 g/mol. The van der Waals surface area contributed by atoms with Gasteiger partial charge in [0.05, 0.1) is 18.5 Å². The van der Waals surface area contributed by atoms with E-state index < -0.39 is 0 Å². The standard InChI is InChI=1S/C16H17FN6OS/c1-11-8-14(25-19-6-7-24)4-5-15(11)16-20-22-23(21-16)10-13-3-2-12(17)9-18-13/h2-5,8-9,19,24H,6-7,10H2,1H3. The molecule has 25 heavy (non-hydrogen) atoms. The van der Waals surface area contributed by atoms with Crippen LogP contribution >= 0.6 is 11.9 Å². The molecule has 0 fully saturated rings. The van der Waals surface area contributed by atoms with Crippen LogP contribution in [0.5, 0.6) is 0 Å². The van der Waals surface area contributed by atoms with Crippen LogP contribution < -0.4 is 4.72 Å². The number of aryl methyl sites for hydroxylation is 1. The number of benzene rings is 1. The summed E-state index contributed by atoms with van der Waals surface area (Å²) in [5.41, 5.74) is 2.57. The lowest BCUT2D eigenvalue weighted by Crippen LogP contribution is -2.08. The van der Waals surface area contributed by atoms with Crippen LogP contribution in [0, 0.1) is 12.7 Å². The van der Waals surface area contributed by atoms with Crippen molar-refractivity contribution in [1.82, 2.24) is 29.9 Å². The summed E-state index contributed by atoms with van der Waals surface area (Å²) in [6.07, 6.45) is 1.17. The van der Waals surface area contributed by atoms with Crippen molar-refractivity contribution in [3.8, 4) is 11.4 Å². The Morgan fingerprint density at radius 2 is 2.16 bits per heavy atom. The highest BCUT2D eigenvalue weighted by atomic mass is 32.2. The first kappa shape index (κ1) is 17.5. The van der Waals surface area contributed by atoms with Crippen LogP contribution in [0.3, 0.4) is 0 Å². The van der Waals surface area contributed by atoms with Gasteiger partial charge in [-0.15, -0.1) is 10.2 Å². The van der Waals surface area contributed by atoms with E-state index in [1.807, 2.05) is 25.1 Å². The fourth-order valence-corrected chi connectivity index (χ4v) is 2.93. The average molecular weight is 360 g/mol. The normalized spacial score (nSPS) is 11.0. The second kappa shape index (κ2) is 8.15. The van der Waals surface area contributed by atoms with Crippen molar-refractivity contribution in [2.24, 2.45) is 0 Å². The predicted octanol–water partition coefficient (Wildman–Crippen LogP) is 1.82. The number of nitrogens with zero attached hydrogens (tertiary/aromatic N) is 5. The largest absolute Gasteiger partial charge is 0.395 e. The number of aliphatic hydroxyl groups excluding tert-OH is 1. The molecule has 0 unspecified atom stereocenters. The van der Waals surface area contributed by atoms with E-state index in [1.54, 1.807) is 6.07 Å². The fourth-order valence-electron chi connectivity index (χ4n) is 2.19. The number of rotatable bonds is 7. The van der Waals surface area contributed by atoms with E-state index in [1.165, 1.54) is 29.0 Å². The van der Waals surface area contributed by atoms with Crippen LogP contribution in [0.1, 0.15) is 11.3 Å². The van der Waals surface area contributed by atoms with E-state index in [2.05, 4.69) is 25.1 Å². The molecular formula is C16H17FN6OS. The van der Waals surface area contributed by atoms with Gasteiger partial charge in [-0.3, -0.25) is 9.71 Å². The summed E-state index contributed by atoms with van der Waals surface area (Å²) >= 11 is 1.46. The van der Waals surface area contributed by atoms with Crippen LogP contribution in [-0.4, -0.2) is 43.4 Å². The number of hydrogen-bond donors (Lipinski definition) is 2. The van der Waals surface area contributed by atoms with Crippen molar-refractivity contribution in [3.05, 3.63) is 53.6 Å². The Bertz CT molecular complexity index is 839. The van der Waals surface area contributed by atoms with Crippen molar-refractivity contribution in [2.45, 2.75) is 18.4 Å². The Kier molecular flexibility index (Phi) is 5.69. The number of pyridine rings is 1. The van der Waals surface area contributed by atoms with E-state index in [0.29, 0.717) is 24.6 Å². The summed E-state index contributed by atoms with van der Waals surface area (Å²) in [6.45, 7) is 2.93. The van der Waals surface area contributed by atoms with Crippen LogP contribution in [0.15, 0.2) is 41.4 Å². The number of nitrogens with one attached hydrogen (secondary N) is 1. The van der Waals surface area contributed by atoms with Crippen molar-refractivity contribution >= 4 is 11.9 Å². The Balaban J connectivity index is 1.72. The predicted molar refractivity (Wildman–Crippen MR) is 92.2 cm³/mol. The molecule has 0 bridgehead atoms. The third kappa shape index (κ3) is 4.59. The molecule has 0 atom stereocenters. The van der Waals surface area contributed by atoms with Crippen molar-refractivity contribution < 1.29 is 9.50 Å². The number of halogens is 1. The quantitative estimate of drug-likeness (QED) is 0.491. The number of hydrogen-bond acceptors (Lipinski definition) is 7. The van der Waals surface area contributed by atoms with Crippen molar-refractivity contribution in [1.29, 1.82) is 0 Å². The van der Waals surface area contributed by atoms with Gasteiger partial charge in [-0.05, 0) is 60.0 Å². The van der Waals surface area contributed by atoms with Crippen molar-refractivity contribution in [2.75, 3.05) is 13.2 Å². The Hall–Kier alpha value is -2.36. The molecule has 9 heteroatoms. The smallest absolute Gasteiger partial charge is 0.205 e. The number of aromatic nitrogens is 5. The highest BCUT2D eigenvalue weighted by Crippen LogP contribution is 2.24. The van der Waals surface area contributed by atoms with E-state index >= 15 is 0 Å². The minimum absolute atomic E-state index is 0.0972. The molecule has 2 N–H and O–H groups in total. The lowest BCUT2D eigenvalue weighted by Gasteiger charge is -2.06. The first-order valence-electron chi connectivity index (χ1n) is 7.65. The minimum Gasteiger partial charge on any atom is -0.395 e. The molecule has 130 valence electrons. The van der Waals surface area contributed by atoms with E-state index in [-0.39, 0.29) is 12.4 Å². The maximum absolute atomic E-state index is 12.9. The molecule has 3 aromatic rings. The van der Waals surface area contributed by atoms with Crippen LogP contribution in [-0.2, 0) is 6.54 Å². The highest BCUT2D eigenvalue weighted by molar-refractivity contribution is 7.97. The van der Waals surface area contributed by atoms with Crippen LogP contribution in [0.25, 0.3) is 11.4 Å². The maximum Gasteiger partial charge on any atom is 0.205 e. The maximum atomic E-state index is 12.9. The molecule has 0 aliphatic heterocycles. The second-order valence-corrected chi connectivity index (χ2v) is 6.27. The zero-order valence-electron chi connectivity index (χ0n) is 13.6. The van der Waals surface area contributed by atoms with Gasteiger partial charge in [-0.25, -0.2) is 4.39 Å². The minimum atomic E-state index is -0.377. The van der Waals surface area contributed by atoms with Gasteiger partial charge in [-0.1, -0.05) is 0 Å². The molecule has 2 heterocycles. The number of aliphatic hydroxyl groups is 1. The highest BCUT2D eigenvalue weighted by Gasteiger charge is 2.10. The van der Waals surface area contributed by atoms with Gasteiger partial charge in [0.15, 0.2) is 0 Å². The van der Waals surface area contributed by atoms with Gasteiger partial charge >= 0.3 is 0 Å². The van der Waals surface area contributed by atoms with Gasteiger partial charge in [0.2, 0.25) is 5.82 Å². The summed E-state index contributed by atoms with van der Waals surface area (Å²) < 4.78 is 16.0. The average Bonchev–Trinajstić information content (AvgIpc) is 3.05. The summed E-state index contributed by atoms with van der Waals surface area (Å²) in [4.78, 5) is 6.46. The molecule has 0 saturated carbocycles. The van der Waals surface area contributed by atoms with E-state index in [0.717, 1.165) is 16.0 Å². The Labute approximate surface area is 148 Å². The summed E-state index contributed by atoms with van der Waals surface area (Å²) in [5.74, 6) is 0.150. The molecule has 0 spiro atoms. The zero-order chi connectivity index (χ0) is 17.6. The van der Waals surface area contributed by atoms with Crippen LogP contribution in [0.4, 0.5) is 4.39 Å². The third-order valence-corrected chi connectivity index (χ3v) is 4.23. The number of tetrazole rings is 1. The van der Waals surface area contributed by atoms with Crippen molar-refractivity contribution in [3.63, 3.8) is 0 Å². The lowest BCUT2D eigenvalue weighted by atomic mass is 10.1. The molecule has 0 radical (unpaired) electrons. The SMILES string of the molecule is Cc1cc(SNCCO)ccc1-c1nnn(Cc2ccc(F)cn2)n1. The molecule has 1 aromatic carbocycles. The van der Waals surface area contributed by atoms with Gasteiger partial charge in [0.1, 0.15) is 12.4 Å². The molecule has 0 saturated heterocycles. The van der Waals surface area contributed by atoms with E-state index in [9.17, 15) is 4.39 Å². The van der Waals surface area contributed by atoms with Crippen LogP contribution in [0.2, 0.25) is 0 Å².